The monoisotopic (exact) mass is 550 g/mol. The van der Waals surface area contributed by atoms with E-state index in [1.807, 2.05) is 30.3 Å². The van der Waals surface area contributed by atoms with E-state index in [4.69, 9.17) is 5.73 Å². The molecule has 2 aliphatic carbocycles. The summed E-state index contributed by atoms with van der Waals surface area (Å²) in [5.74, 6) is -4.40. The Kier molecular flexibility index (Phi) is 7.47. The van der Waals surface area contributed by atoms with Crippen LogP contribution in [-0.4, -0.2) is 66.7 Å². The Morgan fingerprint density at radius 2 is 1.62 bits per heavy atom. The van der Waals surface area contributed by atoms with E-state index in [-0.39, 0.29) is 17.0 Å². The number of amides is 1. The summed E-state index contributed by atoms with van der Waals surface area (Å²) in [6.07, 6.45) is 2.14. The van der Waals surface area contributed by atoms with E-state index >= 15 is 0 Å². The molecule has 6 N–H and O–H groups in total. The number of carbonyl (C=O) groups is 3. The Bertz CT molecular complexity index is 1280. The second kappa shape index (κ2) is 10.6. The molecule has 2 saturated carbocycles. The summed E-state index contributed by atoms with van der Waals surface area (Å²) in [5, 5.41) is 43.0. The minimum Gasteiger partial charge on any atom is -0.481 e. The van der Waals surface area contributed by atoms with Crippen molar-refractivity contribution in [3.8, 4) is 0 Å². The molecule has 3 aliphatic rings. The van der Waals surface area contributed by atoms with Crippen LogP contribution >= 0.6 is 0 Å². The maximum atomic E-state index is 14.5. The SMILES string of the molecule is N[CH]N(C(=O)[C@@](O)(c1ccccc1C(O)(CC(=O)O)C(=O)O)C1CCCC1)C12C[C@H]1CN(Cc1ccccc1)C2. The van der Waals surface area contributed by atoms with Crippen molar-refractivity contribution >= 4 is 17.8 Å². The first-order valence-corrected chi connectivity index (χ1v) is 13.7. The average Bonchev–Trinajstić information content (AvgIpc) is 3.25. The Morgan fingerprint density at radius 3 is 2.23 bits per heavy atom. The number of carbonyl (C=O) groups excluding carboxylic acids is 1. The molecule has 1 heterocycles. The number of hydrogen-bond donors (Lipinski definition) is 5. The average molecular weight is 551 g/mol. The van der Waals surface area contributed by atoms with E-state index in [0.717, 1.165) is 31.4 Å². The van der Waals surface area contributed by atoms with E-state index in [1.165, 1.54) is 29.8 Å². The molecule has 4 atom stereocenters. The van der Waals surface area contributed by atoms with Gasteiger partial charge in [-0.3, -0.25) is 14.5 Å². The number of carboxylic acid groups (broad SMARTS) is 2. The number of rotatable bonds is 11. The van der Waals surface area contributed by atoms with Crippen LogP contribution in [0.3, 0.4) is 0 Å². The molecule has 1 saturated heterocycles. The van der Waals surface area contributed by atoms with Crippen LogP contribution < -0.4 is 5.73 Å². The Labute approximate surface area is 233 Å². The first-order chi connectivity index (χ1) is 19.1. The number of fused-ring (bicyclic) bond motifs is 1. The zero-order valence-corrected chi connectivity index (χ0v) is 22.3. The van der Waals surface area contributed by atoms with Crippen LogP contribution in [0, 0.1) is 18.5 Å². The minimum atomic E-state index is -2.85. The molecule has 3 fully saturated rings. The molecule has 0 bridgehead atoms. The lowest BCUT2D eigenvalue weighted by Crippen LogP contribution is -2.57. The highest BCUT2D eigenvalue weighted by molar-refractivity contribution is 5.91. The quantitative estimate of drug-likeness (QED) is 0.281. The van der Waals surface area contributed by atoms with Crippen molar-refractivity contribution in [2.24, 2.45) is 17.6 Å². The molecule has 0 spiro atoms. The predicted molar refractivity (Wildman–Crippen MR) is 144 cm³/mol. The normalized spacial score (nSPS) is 25.5. The third kappa shape index (κ3) is 4.68. The number of aliphatic hydroxyl groups is 2. The van der Waals surface area contributed by atoms with Crippen molar-refractivity contribution in [2.45, 2.75) is 61.8 Å². The Morgan fingerprint density at radius 1 is 1.00 bits per heavy atom. The van der Waals surface area contributed by atoms with Crippen molar-refractivity contribution in [1.29, 1.82) is 0 Å². The first kappa shape index (κ1) is 28.2. The van der Waals surface area contributed by atoms with E-state index < -0.39 is 46.9 Å². The standard InChI is InChI=1S/C30H36N3O7/c31-19-33(28-14-22(28)17-32(18-28)16-20-8-2-1-3-9-20)26(36)30(40,21-10-4-5-11-21)24-13-7-6-12-23(24)29(39,27(37)38)15-25(34)35/h1-3,6-9,12-13,19,21-22,39-40H,4-5,10-11,14-18,31H2,(H,34,35)(H,37,38)/t22-,28?,29?,30-/m0/s1. The number of hydrogen-bond acceptors (Lipinski definition) is 7. The largest absolute Gasteiger partial charge is 0.481 e. The summed E-state index contributed by atoms with van der Waals surface area (Å²) < 4.78 is 0. The smallest absolute Gasteiger partial charge is 0.341 e. The minimum absolute atomic E-state index is 0.0994. The fourth-order valence-electron chi connectivity index (χ4n) is 7.03. The zero-order valence-electron chi connectivity index (χ0n) is 22.3. The van der Waals surface area contributed by atoms with Gasteiger partial charge in [-0.15, -0.1) is 0 Å². The van der Waals surface area contributed by atoms with Crippen molar-refractivity contribution in [2.75, 3.05) is 13.1 Å². The second-order valence-corrected chi connectivity index (χ2v) is 11.5. The number of likely N-dealkylation sites (tertiary alicyclic amines) is 1. The van der Waals surface area contributed by atoms with Crippen molar-refractivity contribution in [3.63, 3.8) is 0 Å². The number of benzene rings is 2. The Hall–Kier alpha value is -3.31. The van der Waals surface area contributed by atoms with Crippen LogP contribution in [0.1, 0.15) is 55.2 Å². The summed E-state index contributed by atoms with van der Waals surface area (Å²) in [6.45, 7) is 3.24. The molecular weight excluding hydrogens is 514 g/mol. The highest BCUT2D eigenvalue weighted by atomic mass is 16.4. The summed E-state index contributed by atoms with van der Waals surface area (Å²) in [4.78, 5) is 42.1. The van der Waals surface area contributed by atoms with E-state index in [9.17, 15) is 34.8 Å². The van der Waals surface area contributed by atoms with Gasteiger partial charge in [0.25, 0.3) is 5.91 Å². The molecule has 2 aromatic rings. The molecular formula is C30H36N3O7. The van der Waals surface area contributed by atoms with E-state index in [0.29, 0.717) is 25.9 Å². The molecule has 5 rings (SSSR count). The second-order valence-electron chi connectivity index (χ2n) is 11.5. The Balaban J connectivity index is 1.53. The molecule has 10 heteroatoms. The lowest BCUT2D eigenvalue weighted by molar-refractivity contribution is -0.168. The number of aliphatic carboxylic acids is 2. The maximum absolute atomic E-state index is 14.5. The summed E-state index contributed by atoms with van der Waals surface area (Å²) >= 11 is 0. The van der Waals surface area contributed by atoms with Gasteiger partial charge in [-0.1, -0.05) is 67.4 Å². The number of nitrogens with zero attached hydrogens (tertiary/aromatic N) is 2. The van der Waals surface area contributed by atoms with Crippen LogP contribution in [-0.2, 0) is 32.1 Å². The highest BCUT2D eigenvalue weighted by Gasteiger charge is 2.66. The summed E-state index contributed by atoms with van der Waals surface area (Å²) in [6, 6.07) is 15.7. The van der Waals surface area contributed by atoms with Crippen LogP contribution in [0.4, 0.5) is 0 Å². The molecule has 1 radical (unpaired) electrons. The topological polar surface area (TPSA) is 165 Å². The van der Waals surface area contributed by atoms with Crippen molar-refractivity contribution in [1.82, 2.24) is 9.80 Å². The number of piperidine rings is 1. The number of carboxylic acids is 2. The summed E-state index contributed by atoms with van der Waals surface area (Å²) in [5.41, 5.74) is 1.16. The fraction of sp³-hybridized carbons (Fsp3) is 0.467. The molecule has 40 heavy (non-hydrogen) atoms. The lowest BCUT2D eigenvalue weighted by atomic mass is 9.73. The van der Waals surface area contributed by atoms with Gasteiger partial charge in [0.2, 0.25) is 0 Å². The fourth-order valence-corrected chi connectivity index (χ4v) is 7.03. The van der Waals surface area contributed by atoms with Crippen molar-refractivity contribution in [3.05, 3.63) is 78.0 Å². The first-order valence-electron chi connectivity index (χ1n) is 13.7. The molecule has 1 aliphatic heterocycles. The van der Waals surface area contributed by atoms with Crippen LogP contribution in [0.15, 0.2) is 54.6 Å². The van der Waals surface area contributed by atoms with Gasteiger partial charge < -0.3 is 31.1 Å². The van der Waals surface area contributed by atoms with Gasteiger partial charge in [0.05, 0.1) is 12.0 Å². The molecule has 10 nitrogen and oxygen atoms in total. The third-order valence-corrected chi connectivity index (χ3v) is 9.09. The third-order valence-electron chi connectivity index (χ3n) is 9.09. The molecule has 0 aromatic heterocycles. The van der Waals surface area contributed by atoms with Gasteiger partial charge >= 0.3 is 11.9 Å². The molecule has 2 unspecified atom stereocenters. The number of nitrogens with two attached hydrogens (primary N) is 1. The van der Waals surface area contributed by atoms with Gasteiger partial charge in [0.15, 0.2) is 11.2 Å². The molecule has 1 amide bonds. The van der Waals surface area contributed by atoms with E-state index in [2.05, 4.69) is 4.90 Å². The van der Waals surface area contributed by atoms with Gasteiger partial charge in [0, 0.05) is 31.1 Å². The summed E-state index contributed by atoms with van der Waals surface area (Å²) in [7, 11) is 0. The van der Waals surface area contributed by atoms with Crippen LogP contribution in [0.25, 0.3) is 0 Å². The predicted octanol–water partition coefficient (Wildman–Crippen LogP) is 1.99. The van der Waals surface area contributed by atoms with Gasteiger partial charge in [-0.2, -0.15) is 0 Å². The molecule has 213 valence electrons. The van der Waals surface area contributed by atoms with E-state index in [1.54, 1.807) is 6.07 Å². The highest BCUT2D eigenvalue weighted by Crippen LogP contribution is 2.56. The van der Waals surface area contributed by atoms with Gasteiger partial charge in [-0.05, 0) is 36.3 Å². The molecule has 2 aromatic carbocycles. The van der Waals surface area contributed by atoms with Crippen LogP contribution in [0.5, 0.6) is 0 Å². The van der Waals surface area contributed by atoms with Crippen molar-refractivity contribution < 1.29 is 34.8 Å². The lowest BCUT2D eigenvalue weighted by Gasteiger charge is -2.42. The van der Waals surface area contributed by atoms with Crippen LogP contribution in [0.2, 0.25) is 0 Å². The van der Waals surface area contributed by atoms with Gasteiger partial charge in [-0.25, -0.2) is 4.79 Å². The van der Waals surface area contributed by atoms with Gasteiger partial charge in [0.1, 0.15) is 6.67 Å². The zero-order chi connectivity index (χ0) is 28.7. The maximum Gasteiger partial charge on any atom is 0.341 e.